The van der Waals surface area contributed by atoms with Crippen LogP contribution < -0.4 is 10.5 Å². The zero-order valence-electron chi connectivity index (χ0n) is 12.0. The highest BCUT2D eigenvalue weighted by molar-refractivity contribution is 7.89. The Morgan fingerprint density at radius 3 is 2.67 bits per heavy atom. The lowest BCUT2D eigenvalue weighted by Gasteiger charge is -2.31. The van der Waals surface area contributed by atoms with Crippen molar-refractivity contribution >= 4 is 15.7 Å². The number of nitrogens with two attached hydrogens (primary N) is 1. The van der Waals surface area contributed by atoms with E-state index in [-0.39, 0.29) is 16.5 Å². The molecule has 0 amide bonds. The lowest BCUT2D eigenvalue weighted by atomic mass is 10.1. The number of nitrogen functional groups attached to an aromatic ring is 1. The van der Waals surface area contributed by atoms with E-state index < -0.39 is 10.0 Å². The summed E-state index contributed by atoms with van der Waals surface area (Å²) in [5, 5.41) is 9.07. The zero-order valence-corrected chi connectivity index (χ0v) is 12.9. The van der Waals surface area contributed by atoms with Crippen LogP contribution in [0.3, 0.4) is 0 Å². The third-order valence-corrected chi connectivity index (χ3v) is 5.35. The number of nitriles is 1. The molecular weight excluding hydrogens is 288 g/mol. The predicted octanol–water partition coefficient (Wildman–Crippen LogP) is 0.903. The summed E-state index contributed by atoms with van der Waals surface area (Å²) in [6.07, 6.45) is 1.56. The van der Waals surface area contributed by atoms with Gasteiger partial charge < -0.3 is 10.6 Å². The maximum Gasteiger partial charge on any atom is 0.242 e. The molecule has 6 nitrogen and oxygen atoms in total. The van der Waals surface area contributed by atoms with E-state index >= 15 is 0 Å². The number of piperidine rings is 1. The molecule has 0 saturated carbocycles. The van der Waals surface area contributed by atoms with Crippen molar-refractivity contribution in [2.75, 3.05) is 25.4 Å². The third kappa shape index (κ3) is 3.73. The number of anilines is 1. The number of rotatable bonds is 4. The predicted molar refractivity (Wildman–Crippen MR) is 81.0 cm³/mol. The Morgan fingerprint density at radius 1 is 1.43 bits per heavy atom. The first-order valence-electron chi connectivity index (χ1n) is 7.00. The Morgan fingerprint density at radius 2 is 2.10 bits per heavy atom. The molecule has 0 aromatic heterocycles. The third-order valence-electron chi connectivity index (χ3n) is 3.77. The maximum absolute atomic E-state index is 12.4. The van der Waals surface area contributed by atoms with Gasteiger partial charge in [0.2, 0.25) is 10.0 Å². The van der Waals surface area contributed by atoms with E-state index in [0.717, 1.165) is 32.5 Å². The number of nitrogens with one attached hydrogen (secondary N) is 1. The summed E-state index contributed by atoms with van der Waals surface area (Å²) >= 11 is 0. The molecule has 1 aliphatic rings. The van der Waals surface area contributed by atoms with Gasteiger partial charge in [-0.05, 0) is 50.7 Å². The van der Waals surface area contributed by atoms with Crippen LogP contribution in [-0.2, 0) is 10.0 Å². The van der Waals surface area contributed by atoms with E-state index in [1.165, 1.54) is 18.2 Å². The summed E-state index contributed by atoms with van der Waals surface area (Å²) in [5.74, 6) is 0. The average molecular weight is 308 g/mol. The molecule has 21 heavy (non-hydrogen) atoms. The minimum absolute atomic E-state index is 0.00267. The van der Waals surface area contributed by atoms with Crippen LogP contribution >= 0.6 is 0 Å². The molecule has 0 aliphatic carbocycles. The molecular formula is C14H20N4O2S. The number of benzene rings is 1. The van der Waals surface area contributed by atoms with Crippen LogP contribution in [0.15, 0.2) is 23.1 Å². The molecule has 1 aromatic carbocycles. The molecule has 0 bridgehead atoms. The van der Waals surface area contributed by atoms with Crippen LogP contribution in [0.1, 0.15) is 25.3 Å². The Labute approximate surface area is 125 Å². The fourth-order valence-corrected chi connectivity index (χ4v) is 3.96. The first kappa shape index (κ1) is 15.8. The highest BCUT2D eigenvalue weighted by Gasteiger charge is 2.25. The Hall–Kier alpha value is -1.62. The summed E-state index contributed by atoms with van der Waals surface area (Å²) in [7, 11) is -3.69. The molecule has 0 unspecified atom stereocenters. The van der Waals surface area contributed by atoms with Crippen LogP contribution in [0.25, 0.3) is 0 Å². The minimum Gasteiger partial charge on any atom is -0.399 e. The van der Waals surface area contributed by atoms with Gasteiger partial charge in [-0.15, -0.1) is 0 Å². The largest absolute Gasteiger partial charge is 0.399 e. The van der Waals surface area contributed by atoms with Crippen LogP contribution in [0.4, 0.5) is 5.69 Å². The van der Waals surface area contributed by atoms with Gasteiger partial charge in [0.15, 0.2) is 0 Å². The first-order valence-corrected chi connectivity index (χ1v) is 8.49. The summed E-state index contributed by atoms with van der Waals surface area (Å²) < 4.78 is 27.6. The topological polar surface area (TPSA) is 99.2 Å². The number of sulfonamides is 1. The highest BCUT2D eigenvalue weighted by atomic mass is 32.2. The van der Waals surface area contributed by atoms with Crippen molar-refractivity contribution < 1.29 is 8.42 Å². The van der Waals surface area contributed by atoms with Crippen LogP contribution in [0.2, 0.25) is 0 Å². The molecule has 7 heteroatoms. The van der Waals surface area contributed by atoms with E-state index in [1.54, 1.807) is 0 Å². The van der Waals surface area contributed by atoms with Crippen molar-refractivity contribution in [1.82, 2.24) is 9.62 Å². The molecule has 1 heterocycles. The quantitative estimate of drug-likeness (QED) is 0.805. The molecule has 0 atom stereocenters. The molecule has 1 aromatic rings. The lowest BCUT2D eigenvalue weighted by Crippen LogP contribution is -2.44. The minimum atomic E-state index is -3.69. The lowest BCUT2D eigenvalue weighted by molar-refractivity contribution is 0.217. The van der Waals surface area contributed by atoms with Crippen molar-refractivity contribution in [2.24, 2.45) is 0 Å². The summed E-state index contributed by atoms with van der Waals surface area (Å²) in [6.45, 7) is 4.85. The van der Waals surface area contributed by atoms with E-state index in [9.17, 15) is 8.42 Å². The molecule has 0 radical (unpaired) electrons. The summed E-state index contributed by atoms with van der Waals surface area (Å²) in [5.41, 5.74) is 6.04. The van der Waals surface area contributed by atoms with Gasteiger partial charge in [0, 0.05) is 11.7 Å². The Kier molecular flexibility index (Phi) is 4.83. The van der Waals surface area contributed by atoms with Gasteiger partial charge in [0.05, 0.1) is 10.5 Å². The van der Waals surface area contributed by atoms with E-state index in [2.05, 4.69) is 16.5 Å². The first-order chi connectivity index (χ1) is 9.96. The van der Waals surface area contributed by atoms with Crippen LogP contribution in [-0.4, -0.2) is 39.0 Å². The Balaban J connectivity index is 2.15. The second-order valence-corrected chi connectivity index (χ2v) is 6.88. The molecule has 1 aliphatic heterocycles. The number of hydrogen-bond donors (Lipinski definition) is 2. The van der Waals surface area contributed by atoms with Gasteiger partial charge in [0.1, 0.15) is 6.07 Å². The van der Waals surface area contributed by atoms with Gasteiger partial charge in [-0.3, -0.25) is 0 Å². The van der Waals surface area contributed by atoms with E-state index in [1.807, 2.05) is 6.07 Å². The molecule has 114 valence electrons. The normalized spacial score (nSPS) is 17.5. The van der Waals surface area contributed by atoms with Gasteiger partial charge in [0.25, 0.3) is 0 Å². The highest BCUT2D eigenvalue weighted by Crippen LogP contribution is 2.20. The van der Waals surface area contributed by atoms with Gasteiger partial charge >= 0.3 is 0 Å². The number of nitrogens with zero attached hydrogens (tertiary/aromatic N) is 2. The second kappa shape index (κ2) is 6.43. The van der Waals surface area contributed by atoms with Crippen molar-refractivity contribution in [3.8, 4) is 6.07 Å². The second-order valence-electron chi connectivity index (χ2n) is 5.20. The average Bonchev–Trinajstić information content (AvgIpc) is 2.47. The van der Waals surface area contributed by atoms with Crippen molar-refractivity contribution in [3.05, 3.63) is 23.8 Å². The van der Waals surface area contributed by atoms with Crippen LogP contribution in [0, 0.1) is 11.3 Å². The fourth-order valence-electron chi connectivity index (χ4n) is 2.52. The SMILES string of the molecule is CCN1CCC(NS(=O)(=O)c2ccc(N)cc2C#N)CC1. The molecule has 0 spiro atoms. The van der Waals surface area contributed by atoms with Gasteiger partial charge in [-0.25, -0.2) is 13.1 Å². The zero-order chi connectivity index (χ0) is 15.5. The van der Waals surface area contributed by atoms with Gasteiger partial charge in [-0.1, -0.05) is 6.92 Å². The summed E-state index contributed by atoms with van der Waals surface area (Å²) in [4.78, 5) is 2.28. The monoisotopic (exact) mass is 308 g/mol. The van der Waals surface area contributed by atoms with E-state index in [0.29, 0.717) is 5.69 Å². The summed E-state index contributed by atoms with van der Waals surface area (Å²) in [6, 6.07) is 6.07. The smallest absolute Gasteiger partial charge is 0.242 e. The number of hydrogen-bond acceptors (Lipinski definition) is 5. The molecule has 1 fully saturated rings. The maximum atomic E-state index is 12.4. The molecule has 1 saturated heterocycles. The van der Waals surface area contributed by atoms with E-state index in [4.69, 9.17) is 11.0 Å². The number of likely N-dealkylation sites (tertiary alicyclic amines) is 1. The van der Waals surface area contributed by atoms with Crippen molar-refractivity contribution in [3.63, 3.8) is 0 Å². The Bertz CT molecular complexity index is 643. The molecule has 3 N–H and O–H groups in total. The van der Waals surface area contributed by atoms with Crippen molar-refractivity contribution in [2.45, 2.75) is 30.7 Å². The van der Waals surface area contributed by atoms with Crippen molar-refractivity contribution in [1.29, 1.82) is 5.26 Å². The van der Waals surface area contributed by atoms with Gasteiger partial charge in [-0.2, -0.15) is 5.26 Å². The standard InChI is InChI=1S/C14H20N4O2S/c1-2-18-7-5-13(6-8-18)17-21(19,20)14-4-3-12(16)9-11(14)10-15/h3-4,9,13,17H,2,5-8,16H2,1H3. The fraction of sp³-hybridized carbons (Fsp3) is 0.500. The molecule has 2 rings (SSSR count). The van der Waals surface area contributed by atoms with Crippen LogP contribution in [0.5, 0.6) is 0 Å².